The number of carbonyl (C=O) groups is 1. The molecule has 0 saturated carbocycles. The molecule has 1 nitrogen and oxygen atoms in total. The van der Waals surface area contributed by atoms with Crippen LogP contribution in [0.5, 0.6) is 0 Å². The molecule has 0 aliphatic rings. The molecule has 67 valence electrons. The van der Waals surface area contributed by atoms with Crippen LogP contribution >= 0.6 is 0 Å². The topological polar surface area (TPSA) is 17.1 Å². The van der Waals surface area contributed by atoms with Crippen molar-refractivity contribution in [2.75, 3.05) is 0 Å². The molecule has 0 saturated heterocycles. The molecule has 0 unspecified atom stereocenters. The van der Waals surface area contributed by atoms with Crippen molar-refractivity contribution in [2.24, 2.45) is 0 Å². The molecule has 14 heavy (non-hydrogen) atoms. The van der Waals surface area contributed by atoms with E-state index in [0.29, 0.717) is 5.56 Å². The summed E-state index contributed by atoms with van der Waals surface area (Å²) in [4.78, 5) is 10.4. The van der Waals surface area contributed by atoms with Gasteiger partial charge in [0.05, 0.1) is 0 Å². The Balaban J connectivity index is 2.39. The molecule has 0 amide bonds. The fourth-order valence-corrected chi connectivity index (χ4v) is 1.31. The summed E-state index contributed by atoms with van der Waals surface area (Å²) in [5.41, 5.74) is 2.82. The van der Waals surface area contributed by atoms with Crippen molar-refractivity contribution in [3.05, 3.63) is 60.2 Å². The fraction of sp³-hybridized carbons (Fsp3) is 0. The average molecular weight is 181 g/mol. The Morgan fingerprint density at radius 2 is 1.79 bits per heavy atom. The van der Waals surface area contributed by atoms with Crippen LogP contribution in [0.25, 0.3) is 11.1 Å². The van der Waals surface area contributed by atoms with Crippen LogP contribution in [0.4, 0.5) is 0 Å². The van der Waals surface area contributed by atoms with E-state index in [9.17, 15) is 4.79 Å². The standard InChI is InChI=1S/C13H9O/c14-10-11-6-8-13(9-7-11)12-4-2-1-3-5-12/h1-4,6-10H. The number of rotatable bonds is 2. The van der Waals surface area contributed by atoms with Gasteiger partial charge in [0.1, 0.15) is 6.29 Å². The third-order valence-corrected chi connectivity index (χ3v) is 2.07. The van der Waals surface area contributed by atoms with E-state index in [2.05, 4.69) is 6.07 Å². The van der Waals surface area contributed by atoms with Crippen LogP contribution in [0, 0.1) is 6.07 Å². The summed E-state index contributed by atoms with van der Waals surface area (Å²) >= 11 is 0. The largest absolute Gasteiger partial charge is 0.298 e. The van der Waals surface area contributed by atoms with E-state index in [0.717, 1.165) is 17.4 Å². The summed E-state index contributed by atoms with van der Waals surface area (Å²) in [5.74, 6) is 0. The second-order valence-electron chi connectivity index (χ2n) is 3.02. The lowest BCUT2D eigenvalue weighted by Gasteiger charge is -1.99. The molecule has 1 heteroatoms. The second-order valence-corrected chi connectivity index (χ2v) is 3.02. The monoisotopic (exact) mass is 181 g/mol. The van der Waals surface area contributed by atoms with Crippen molar-refractivity contribution in [1.82, 2.24) is 0 Å². The van der Waals surface area contributed by atoms with Crippen LogP contribution in [0.3, 0.4) is 0 Å². The normalized spacial score (nSPS) is 9.71. The lowest BCUT2D eigenvalue weighted by Crippen LogP contribution is -1.80. The predicted molar refractivity (Wildman–Crippen MR) is 56.1 cm³/mol. The number of hydrogen-bond donors (Lipinski definition) is 0. The molecule has 0 aliphatic heterocycles. The summed E-state index contributed by atoms with van der Waals surface area (Å²) < 4.78 is 0. The van der Waals surface area contributed by atoms with Crippen molar-refractivity contribution in [3.63, 3.8) is 0 Å². The van der Waals surface area contributed by atoms with E-state index < -0.39 is 0 Å². The molecule has 0 aliphatic carbocycles. The molecule has 2 aromatic rings. The van der Waals surface area contributed by atoms with Crippen LogP contribution in [0.15, 0.2) is 48.5 Å². The van der Waals surface area contributed by atoms with Crippen molar-refractivity contribution >= 4 is 6.29 Å². The smallest absolute Gasteiger partial charge is 0.150 e. The van der Waals surface area contributed by atoms with E-state index in [-0.39, 0.29) is 0 Å². The molecule has 2 aromatic carbocycles. The quantitative estimate of drug-likeness (QED) is 0.651. The van der Waals surface area contributed by atoms with Gasteiger partial charge in [-0.2, -0.15) is 0 Å². The molecule has 0 fully saturated rings. The Morgan fingerprint density at radius 3 is 2.36 bits per heavy atom. The van der Waals surface area contributed by atoms with Crippen LogP contribution in [-0.4, -0.2) is 6.29 Å². The molecule has 0 atom stereocenters. The highest BCUT2D eigenvalue weighted by molar-refractivity contribution is 5.76. The lowest BCUT2D eigenvalue weighted by molar-refractivity contribution is 0.112. The Bertz CT molecular complexity index is 415. The van der Waals surface area contributed by atoms with Gasteiger partial charge >= 0.3 is 0 Å². The van der Waals surface area contributed by atoms with Gasteiger partial charge in [0.2, 0.25) is 0 Å². The highest BCUT2D eigenvalue weighted by Gasteiger charge is 1.95. The van der Waals surface area contributed by atoms with Gasteiger partial charge in [-0.1, -0.05) is 48.5 Å². The van der Waals surface area contributed by atoms with Gasteiger partial charge in [-0.25, -0.2) is 0 Å². The summed E-state index contributed by atoms with van der Waals surface area (Å²) in [6, 6.07) is 18.4. The fourth-order valence-electron chi connectivity index (χ4n) is 1.31. The predicted octanol–water partition coefficient (Wildman–Crippen LogP) is 2.97. The zero-order chi connectivity index (χ0) is 9.80. The Kier molecular flexibility index (Phi) is 2.41. The van der Waals surface area contributed by atoms with Gasteiger partial charge in [-0.05, 0) is 17.2 Å². The molecule has 0 bridgehead atoms. The molecule has 2 rings (SSSR count). The molecule has 0 aromatic heterocycles. The first-order valence-electron chi connectivity index (χ1n) is 4.42. The zero-order valence-corrected chi connectivity index (χ0v) is 7.60. The van der Waals surface area contributed by atoms with E-state index in [1.165, 1.54) is 0 Å². The summed E-state index contributed by atoms with van der Waals surface area (Å²) in [6.07, 6.45) is 0.846. The molecular formula is C13H9O. The van der Waals surface area contributed by atoms with Crippen molar-refractivity contribution in [2.45, 2.75) is 0 Å². The number of carbonyl (C=O) groups excluding carboxylic acids is 1. The molecule has 1 radical (unpaired) electrons. The van der Waals surface area contributed by atoms with Gasteiger partial charge in [0.15, 0.2) is 0 Å². The van der Waals surface area contributed by atoms with Gasteiger partial charge in [-0.3, -0.25) is 4.79 Å². The third-order valence-electron chi connectivity index (χ3n) is 2.07. The van der Waals surface area contributed by atoms with E-state index in [4.69, 9.17) is 0 Å². The summed E-state index contributed by atoms with van der Waals surface area (Å²) in [7, 11) is 0. The second kappa shape index (κ2) is 3.88. The van der Waals surface area contributed by atoms with Crippen molar-refractivity contribution in [3.8, 4) is 11.1 Å². The minimum absolute atomic E-state index is 0.699. The number of aldehydes is 1. The molecule has 0 spiro atoms. The minimum atomic E-state index is 0.699. The Labute approximate surface area is 83.0 Å². The van der Waals surface area contributed by atoms with Crippen LogP contribution in [0.2, 0.25) is 0 Å². The maximum atomic E-state index is 10.4. The highest BCUT2D eigenvalue weighted by atomic mass is 16.1. The molecule has 0 N–H and O–H groups in total. The SMILES string of the molecule is O=Cc1ccc(-c2[c]cccc2)cc1. The Hall–Kier alpha value is -1.89. The van der Waals surface area contributed by atoms with Gasteiger partial charge < -0.3 is 0 Å². The first kappa shape index (κ1) is 8.70. The maximum absolute atomic E-state index is 10.4. The van der Waals surface area contributed by atoms with Gasteiger partial charge in [-0.15, -0.1) is 0 Å². The zero-order valence-electron chi connectivity index (χ0n) is 7.60. The number of hydrogen-bond acceptors (Lipinski definition) is 1. The van der Waals surface area contributed by atoms with E-state index in [1.54, 1.807) is 0 Å². The van der Waals surface area contributed by atoms with E-state index in [1.807, 2.05) is 48.5 Å². The maximum Gasteiger partial charge on any atom is 0.150 e. The Morgan fingerprint density at radius 1 is 1.00 bits per heavy atom. The van der Waals surface area contributed by atoms with Gasteiger partial charge in [0, 0.05) is 5.56 Å². The molecule has 0 heterocycles. The third kappa shape index (κ3) is 1.72. The van der Waals surface area contributed by atoms with Gasteiger partial charge in [0.25, 0.3) is 0 Å². The van der Waals surface area contributed by atoms with Crippen LogP contribution in [0.1, 0.15) is 10.4 Å². The highest BCUT2D eigenvalue weighted by Crippen LogP contribution is 2.17. The molecular weight excluding hydrogens is 172 g/mol. The van der Waals surface area contributed by atoms with Crippen LogP contribution in [-0.2, 0) is 0 Å². The first-order valence-corrected chi connectivity index (χ1v) is 4.42. The first-order chi connectivity index (χ1) is 6.90. The number of benzene rings is 2. The minimum Gasteiger partial charge on any atom is -0.298 e. The summed E-state index contributed by atoms with van der Waals surface area (Å²) in [5, 5.41) is 0. The lowest BCUT2D eigenvalue weighted by atomic mass is 10.0. The van der Waals surface area contributed by atoms with Crippen molar-refractivity contribution in [1.29, 1.82) is 0 Å². The van der Waals surface area contributed by atoms with Crippen LogP contribution < -0.4 is 0 Å². The average Bonchev–Trinajstić information content (AvgIpc) is 2.30. The van der Waals surface area contributed by atoms with Crippen molar-refractivity contribution < 1.29 is 4.79 Å². The van der Waals surface area contributed by atoms with E-state index >= 15 is 0 Å². The summed E-state index contributed by atoms with van der Waals surface area (Å²) in [6.45, 7) is 0.